The Kier molecular flexibility index (Phi) is 3.56. The van der Waals surface area contributed by atoms with Crippen molar-refractivity contribution in [1.82, 2.24) is 0 Å². The molecule has 0 aliphatic rings. The van der Waals surface area contributed by atoms with Gasteiger partial charge in [-0.1, -0.05) is 12.1 Å². The highest BCUT2D eigenvalue weighted by atomic mass is 35.5. The summed E-state index contributed by atoms with van der Waals surface area (Å²) in [6.07, 6.45) is -0.929. The molecule has 17 heavy (non-hydrogen) atoms. The number of ether oxygens (including phenoxy) is 1. The highest BCUT2D eigenvalue weighted by Gasteiger charge is 2.13. The summed E-state index contributed by atoms with van der Waals surface area (Å²) in [5, 5.41) is 19.4. The summed E-state index contributed by atoms with van der Waals surface area (Å²) in [4.78, 5) is 0. The zero-order chi connectivity index (χ0) is 12.3. The summed E-state index contributed by atoms with van der Waals surface area (Å²) in [6.45, 7) is -0.0264. The number of aromatic hydroxyl groups is 1. The number of benzene rings is 1. The van der Waals surface area contributed by atoms with E-state index in [0.717, 1.165) is 0 Å². The minimum Gasteiger partial charge on any atom is -0.504 e. The lowest BCUT2D eigenvalue weighted by Crippen LogP contribution is -2.08. The number of phenols is 1. The molecule has 1 aromatic carbocycles. The van der Waals surface area contributed by atoms with Gasteiger partial charge in [-0.15, -0.1) is 0 Å². The van der Waals surface area contributed by atoms with Crippen molar-refractivity contribution in [1.29, 1.82) is 0 Å². The SMILES string of the molecule is Oc1ccccc1OCC(O)c1ccc(Cl)o1. The van der Waals surface area contributed by atoms with E-state index in [1.54, 1.807) is 30.3 Å². The van der Waals surface area contributed by atoms with Crippen molar-refractivity contribution < 1.29 is 19.4 Å². The van der Waals surface area contributed by atoms with Gasteiger partial charge in [0.2, 0.25) is 0 Å². The van der Waals surface area contributed by atoms with Gasteiger partial charge in [0.1, 0.15) is 18.5 Å². The Morgan fingerprint density at radius 1 is 1.24 bits per heavy atom. The number of hydrogen-bond acceptors (Lipinski definition) is 4. The number of halogens is 1. The maximum atomic E-state index is 9.73. The van der Waals surface area contributed by atoms with E-state index in [4.69, 9.17) is 20.8 Å². The fraction of sp³-hybridized carbons (Fsp3) is 0.167. The molecular formula is C12H11ClO4. The number of furan rings is 1. The number of rotatable bonds is 4. The molecule has 0 amide bonds. The van der Waals surface area contributed by atoms with Crippen LogP contribution in [0.2, 0.25) is 5.22 Å². The third-order valence-electron chi connectivity index (χ3n) is 2.18. The van der Waals surface area contributed by atoms with Crippen LogP contribution in [0.3, 0.4) is 0 Å². The predicted octanol–water partition coefficient (Wildman–Crippen LogP) is 2.75. The van der Waals surface area contributed by atoms with E-state index in [1.165, 1.54) is 6.07 Å². The number of aliphatic hydroxyl groups is 1. The number of aliphatic hydroxyl groups excluding tert-OH is 1. The van der Waals surface area contributed by atoms with Crippen LogP contribution in [0, 0.1) is 0 Å². The first kappa shape index (κ1) is 11.8. The smallest absolute Gasteiger partial charge is 0.193 e. The topological polar surface area (TPSA) is 62.8 Å². The maximum absolute atomic E-state index is 9.73. The fourth-order valence-electron chi connectivity index (χ4n) is 1.34. The van der Waals surface area contributed by atoms with Crippen LogP contribution < -0.4 is 4.74 Å². The summed E-state index contributed by atoms with van der Waals surface area (Å²) in [6, 6.07) is 9.64. The van der Waals surface area contributed by atoms with Gasteiger partial charge in [0.05, 0.1) is 0 Å². The molecule has 2 rings (SSSR count). The van der Waals surface area contributed by atoms with E-state index in [1.807, 2.05) is 0 Å². The average molecular weight is 255 g/mol. The van der Waals surface area contributed by atoms with Crippen LogP contribution in [0.15, 0.2) is 40.8 Å². The third-order valence-corrected chi connectivity index (χ3v) is 2.39. The monoisotopic (exact) mass is 254 g/mol. The lowest BCUT2D eigenvalue weighted by atomic mass is 10.3. The molecule has 0 spiro atoms. The van der Waals surface area contributed by atoms with Crippen LogP contribution in [0.25, 0.3) is 0 Å². The van der Waals surface area contributed by atoms with Crippen LogP contribution in [0.1, 0.15) is 11.9 Å². The number of para-hydroxylation sites is 2. The molecule has 1 aromatic heterocycles. The van der Waals surface area contributed by atoms with Gasteiger partial charge in [-0.2, -0.15) is 0 Å². The van der Waals surface area contributed by atoms with Gasteiger partial charge in [-0.3, -0.25) is 0 Å². The highest BCUT2D eigenvalue weighted by Crippen LogP contribution is 2.26. The molecule has 2 N–H and O–H groups in total. The van der Waals surface area contributed by atoms with Gasteiger partial charge in [-0.25, -0.2) is 0 Å². The van der Waals surface area contributed by atoms with Gasteiger partial charge in [-0.05, 0) is 35.9 Å². The first-order valence-corrected chi connectivity index (χ1v) is 5.38. The highest BCUT2D eigenvalue weighted by molar-refractivity contribution is 6.28. The van der Waals surface area contributed by atoms with Crippen LogP contribution in [-0.4, -0.2) is 16.8 Å². The predicted molar refractivity (Wildman–Crippen MR) is 62.3 cm³/mol. The van der Waals surface area contributed by atoms with Crippen LogP contribution in [0.5, 0.6) is 11.5 Å². The van der Waals surface area contributed by atoms with Crippen LogP contribution in [0.4, 0.5) is 0 Å². The maximum Gasteiger partial charge on any atom is 0.193 e. The molecule has 5 heteroatoms. The van der Waals surface area contributed by atoms with Gasteiger partial charge in [0.15, 0.2) is 16.7 Å². The number of phenolic OH excluding ortho intramolecular Hbond substituents is 1. The first-order valence-electron chi connectivity index (χ1n) is 5.01. The van der Waals surface area contributed by atoms with Gasteiger partial charge >= 0.3 is 0 Å². The molecule has 4 nitrogen and oxygen atoms in total. The van der Waals surface area contributed by atoms with E-state index in [0.29, 0.717) is 11.5 Å². The molecule has 0 saturated heterocycles. The Hall–Kier alpha value is -1.65. The standard InChI is InChI=1S/C12H11ClO4/c13-12-6-5-11(17-12)9(15)7-16-10-4-2-1-3-8(10)14/h1-6,9,14-15H,7H2. The third kappa shape index (κ3) is 2.93. The van der Waals surface area contributed by atoms with Crippen molar-refractivity contribution in [2.45, 2.75) is 6.10 Å². The summed E-state index contributed by atoms with van der Waals surface area (Å²) >= 11 is 5.59. The van der Waals surface area contributed by atoms with E-state index in [-0.39, 0.29) is 17.6 Å². The van der Waals surface area contributed by atoms with Crippen molar-refractivity contribution in [3.8, 4) is 11.5 Å². The molecule has 0 radical (unpaired) electrons. The first-order chi connectivity index (χ1) is 8.16. The molecule has 1 unspecified atom stereocenters. The minimum atomic E-state index is -0.929. The van der Waals surface area contributed by atoms with Crippen molar-refractivity contribution >= 4 is 11.6 Å². The molecular weight excluding hydrogens is 244 g/mol. The Morgan fingerprint density at radius 3 is 2.65 bits per heavy atom. The molecule has 0 aliphatic heterocycles. The van der Waals surface area contributed by atoms with E-state index in [2.05, 4.69) is 0 Å². The minimum absolute atomic E-state index is 0.0252. The van der Waals surface area contributed by atoms with Crippen LogP contribution >= 0.6 is 11.6 Å². The second kappa shape index (κ2) is 5.12. The normalized spacial score (nSPS) is 12.4. The summed E-state index contributed by atoms with van der Waals surface area (Å²) in [5.74, 6) is 0.659. The molecule has 2 aromatic rings. The Bertz CT molecular complexity index is 495. The summed E-state index contributed by atoms with van der Waals surface area (Å²) in [7, 11) is 0. The van der Waals surface area contributed by atoms with E-state index < -0.39 is 6.10 Å². The Balaban J connectivity index is 1.97. The summed E-state index contributed by atoms with van der Waals surface area (Å²) < 4.78 is 10.3. The molecule has 0 aliphatic carbocycles. The molecule has 90 valence electrons. The average Bonchev–Trinajstić information content (AvgIpc) is 2.74. The van der Waals surface area contributed by atoms with Crippen molar-refractivity contribution in [2.75, 3.05) is 6.61 Å². The van der Waals surface area contributed by atoms with E-state index >= 15 is 0 Å². The van der Waals surface area contributed by atoms with Crippen molar-refractivity contribution in [3.63, 3.8) is 0 Å². The van der Waals surface area contributed by atoms with Gasteiger partial charge < -0.3 is 19.4 Å². The zero-order valence-electron chi connectivity index (χ0n) is 8.84. The quantitative estimate of drug-likeness (QED) is 0.881. The largest absolute Gasteiger partial charge is 0.504 e. The molecule has 0 fully saturated rings. The Labute approximate surface area is 103 Å². The molecule has 1 heterocycles. The second-order valence-electron chi connectivity index (χ2n) is 3.44. The lowest BCUT2D eigenvalue weighted by molar-refractivity contribution is 0.0875. The molecule has 1 atom stereocenters. The van der Waals surface area contributed by atoms with Gasteiger partial charge in [0, 0.05) is 0 Å². The summed E-state index contributed by atoms with van der Waals surface area (Å²) in [5.41, 5.74) is 0. The van der Waals surface area contributed by atoms with Crippen molar-refractivity contribution in [3.05, 3.63) is 47.4 Å². The van der Waals surface area contributed by atoms with Crippen molar-refractivity contribution in [2.24, 2.45) is 0 Å². The second-order valence-corrected chi connectivity index (χ2v) is 3.81. The van der Waals surface area contributed by atoms with Gasteiger partial charge in [0.25, 0.3) is 0 Å². The zero-order valence-corrected chi connectivity index (χ0v) is 9.59. The molecule has 0 bridgehead atoms. The number of hydrogen-bond donors (Lipinski definition) is 2. The lowest BCUT2D eigenvalue weighted by Gasteiger charge is -2.11. The van der Waals surface area contributed by atoms with Crippen LogP contribution in [-0.2, 0) is 0 Å². The molecule has 0 saturated carbocycles. The Morgan fingerprint density at radius 2 is 2.00 bits per heavy atom. The van der Waals surface area contributed by atoms with E-state index in [9.17, 15) is 10.2 Å². The fourth-order valence-corrected chi connectivity index (χ4v) is 1.49.